The number of carbonyl (C=O) groups is 1. The van der Waals surface area contributed by atoms with Gasteiger partial charge in [-0.05, 0) is 68.3 Å². The third-order valence-corrected chi connectivity index (χ3v) is 5.55. The number of aryl methyl sites for hydroxylation is 2. The predicted octanol–water partition coefficient (Wildman–Crippen LogP) is 4.12. The maximum Gasteiger partial charge on any atom is 0.416 e. The van der Waals surface area contributed by atoms with Crippen LogP contribution >= 0.6 is 0 Å². The molecule has 0 heterocycles. The van der Waals surface area contributed by atoms with Crippen molar-refractivity contribution in [1.82, 2.24) is 0 Å². The van der Waals surface area contributed by atoms with E-state index < -0.39 is 33.7 Å². The number of nitrogens with one attached hydrogen (secondary N) is 1. The van der Waals surface area contributed by atoms with Crippen LogP contribution < -0.4 is 9.62 Å². The van der Waals surface area contributed by atoms with Crippen molar-refractivity contribution < 1.29 is 26.4 Å². The second-order valence-electron chi connectivity index (χ2n) is 6.57. The first-order valence-electron chi connectivity index (χ1n) is 8.35. The van der Waals surface area contributed by atoms with Gasteiger partial charge in [-0.25, -0.2) is 8.42 Å². The average Bonchev–Trinajstić information content (AvgIpc) is 2.56. The molecule has 2 aromatic rings. The van der Waals surface area contributed by atoms with E-state index in [9.17, 15) is 26.4 Å². The van der Waals surface area contributed by atoms with Crippen molar-refractivity contribution in [2.24, 2.45) is 0 Å². The van der Waals surface area contributed by atoms with Gasteiger partial charge in [-0.2, -0.15) is 13.2 Å². The first-order valence-corrected chi connectivity index (χ1v) is 10.2. The fourth-order valence-electron chi connectivity index (χ4n) is 2.66. The molecule has 0 unspecified atom stereocenters. The Hall–Kier alpha value is -2.55. The van der Waals surface area contributed by atoms with E-state index in [0.717, 1.165) is 46.0 Å². The Kier molecular flexibility index (Phi) is 6.08. The van der Waals surface area contributed by atoms with Crippen LogP contribution in [0.3, 0.4) is 0 Å². The highest BCUT2D eigenvalue weighted by molar-refractivity contribution is 7.92. The number of anilines is 2. The molecule has 0 spiro atoms. The first-order chi connectivity index (χ1) is 12.8. The molecule has 0 aliphatic carbocycles. The molecule has 5 nitrogen and oxygen atoms in total. The number of amides is 1. The molecule has 28 heavy (non-hydrogen) atoms. The standard InChI is InChI=1S/C19H21F3N2O3S/c1-12-5-10-17(11-13(12)2)24(28(4,26)27)14(3)18(25)23-16-8-6-15(7-9-16)19(20,21)22/h5-11,14H,1-4H3,(H,23,25)/t14-/m1/s1. The van der Waals surface area contributed by atoms with E-state index in [1.54, 1.807) is 18.2 Å². The van der Waals surface area contributed by atoms with E-state index in [1.165, 1.54) is 6.92 Å². The lowest BCUT2D eigenvalue weighted by Gasteiger charge is -2.28. The molecule has 152 valence electrons. The number of rotatable bonds is 5. The van der Waals surface area contributed by atoms with E-state index in [-0.39, 0.29) is 5.69 Å². The second-order valence-corrected chi connectivity index (χ2v) is 8.43. The molecular weight excluding hydrogens is 393 g/mol. The first kappa shape index (κ1) is 21.7. The van der Waals surface area contributed by atoms with Gasteiger partial charge >= 0.3 is 6.18 Å². The van der Waals surface area contributed by atoms with E-state index in [1.807, 2.05) is 13.8 Å². The predicted molar refractivity (Wildman–Crippen MR) is 103 cm³/mol. The molecule has 0 aliphatic rings. The summed E-state index contributed by atoms with van der Waals surface area (Å²) in [5.74, 6) is -0.664. The molecule has 1 N–H and O–H groups in total. The molecule has 0 saturated heterocycles. The summed E-state index contributed by atoms with van der Waals surface area (Å²) >= 11 is 0. The van der Waals surface area contributed by atoms with Gasteiger partial charge in [0.05, 0.1) is 17.5 Å². The SMILES string of the molecule is Cc1ccc(N([C@H](C)C(=O)Nc2ccc(C(F)(F)F)cc2)S(C)(=O)=O)cc1C. The minimum atomic E-state index is -4.48. The summed E-state index contributed by atoms with van der Waals surface area (Å²) < 4.78 is 63.5. The monoisotopic (exact) mass is 414 g/mol. The Bertz CT molecular complexity index is 971. The molecular formula is C19H21F3N2O3S. The van der Waals surface area contributed by atoms with E-state index >= 15 is 0 Å². The minimum Gasteiger partial charge on any atom is -0.324 e. The third kappa shape index (κ3) is 5.03. The molecule has 0 bridgehead atoms. The molecule has 0 saturated carbocycles. The van der Waals surface area contributed by atoms with Crippen molar-refractivity contribution in [3.63, 3.8) is 0 Å². The Labute approximate surface area is 162 Å². The zero-order valence-electron chi connectivity index (χ0n) is 15.8. The smallest absolute Gasteiger partial charge is 0.324 e. The summed E-state index contributed by atoms with van der Waals surface area (Å²) in [6, 6.07) is 7.84. The number of sulfonamides is 1. The molecule has 2 aromatic carbocycles. The van der Waals surface area contributed by atoms with Crippen molar-refractivity contribution in [2.45, 2.75) is 33.0 Å². The van der Waals surface area contributed by atoms with Gasteiger partial charge in [0, 0.05) is 5.69 Å². The van der Waals surface area contributed by atoms with Crippen molar-refractivity contribution in [3.05, 3.63) is 59.2 Å². The molecule has 9 heteroatoms. The number of benzene rings is 2. The lowest BCUT2D eigenvalue weighted by atomic mass is 10.1. The van der Waals surface area contributed by atoms with Crippen molar-refractivity contribution in [3.8, 4) is 0 Å². The quantitative estimate of drug-likeness (QED) is 0.801. The summed E-state index contributed by atoms with van der Waals surface area (Å²) in [6.07, 6.45) is -3.49. The number of hydrogen-bond acceptors (Lipinski definition) is 3. The van der Waals surface area contributed by atoms with Crippen molar-refractivity contribution >= 4 is 27.3 Å². The van der Waals surface area contributed by atoms with Gasteiger partial charge in [0.1, 0.15) is 6.04 Å². The largest absolute Gasteiger partial charge is 0.416 e. The highest BCUT2D eigenvalue weighted by atomic mass is 32.2. The van der Waals surface area contributed by atoms with Crippen LogP contribution in [0.25, 0.3) is 0 Å². The second kappa shape index (κ2) is 7.83. The lowest BCUT2D eigenvalue weighted by Crippen LogP contribution is -2.45. The number of nitrogens with zero attached hydrogens (tertiary/aromatic N) is 1. The van der Waals surface area contributed by atoms with Crippen LogP contribution in [0.1, 0.15) is 23.6 Å². The van der Waals surface area contributed by atoms with Gasteiger partial charge in [0.2, 0.25) is 15.9 Å². The molecule has 0 aliphatic heterocycles. The van der Waals surface area contributed by atoms with Crippen LogP contribution in [-0.2, 0) is 21.0 Å². The van der Waals surface area contributed by atoms with Gasteiger partial charge in [-0.3, -0.25) is 9.10 Å². The number of halogens is 3. The van der Waals surface area contributed by atoms with Gasteiger partial charge in [-0.15, -0.1) is 0 Å². The van der Waals surface area contributed by atoms with Gasteiger partial charge < -0.3 is 5.32 Å². The Balaban J connectivity index is 2.28. The van der Waals surface area contributed by atoms with E-state index in [2.05, 4.69) is 5.32 Å². The number of carbonyl (C=O) groups excluding carboxylic acids is 1. The molecule has 1 amide bonds. The summed E-state index contributed by atoms with van der Waals surface area (Å²) in [5.41, 5.74) is 1.46. The minimum absolute atomic E-state index is 0.137. The molecule has 0 aromatic heterocycles. The maximum atomic E-state index is 12.6. The van der Waals surface area contributed by atoms with E-state index in [4.69, 9.17) is 0 Å². The Morgan fingerprint density at radius 1 is 1.04 bits per heavy atom. The van der Waals surface area contributed by atoms with Crippen molar-refractivity contribution in [2.75, 3.05) is 15.9 Å². The Morgan fingerprint density at radius 3 is 2.07 bits per heavy atom. The summed E-state index contributed by atoms with van der Waals surface area (Å²) in [4.78, 5) is 12.6. The van der Waals surface area contributed by atoms with Gasteiger partial charge in [0.15, 0.2) is 0 Å². The molecule has 2 rings (SSSR count). The summed E-state index contributed by atoms with van der Waals surface area (Å²) in [7, 11) is -3.79. The molecule has 1 atom stereocenters. The maximum absolute atomic E-state index is 12.6. The fourth-order valence-corrected chi connectivity index (χ4v) is 3.83. The average molecular weight is 414 g/mol. The number of hydrogen-bond donors (Lipinski definition) is 1. The topological polar surface area (TPSA) is 66.5 Å². The van der Waals surface area contributed by atoms with Crippen LogP contribution in [0.5, 0.6) is 0 Å². The zero-order valence-corrected chi connectivity index (χ0v) is 16.6. The molecule has 0 radical (unpaired) electrons. The fraction of sp³-hybridized carbons (Fsp3) is 0.316. The van der Waals surface area contributed by atoms with Crippen LogP contribution in [-0.4, -0.2) is 26.6 Å². The summed E-state index contributed by atoms with van der Waals surface area (Å²) in [5, 5.41) is 2.46. The lowest BCUT2D eigenvalue weighted by molar-refractivity contribution is -0.137. The van der Waals surface area contributed by atoms with Crippen LogP contribution in [0.4, 0.5) is 24.5 Å². The van der Waals surface area contributed by atoms with Crippen LogP contribution in [0.15, 0.2) is 42.5 Å². The van der Waals surface area contributed by atoms with Crippen molar-refractivity contribution in [1.29, 1.82) is 0 Å². The molecule has 0 fully saturated rings. The van der Waals surface area contributed by atoms with Crippen LogP contribution in [0, 0.1) is 13.8 Å². The van der Waals surface area contributed by atoms with E-state index in [0.29, 0.717) is 5.69 Å². The zero-order chi connectivity index (χ0) is 21.3. The highest BCUT2D eigenvalue weighted by Crippen LogP contribution is 2.30. The Morgan fingerprint density at radius 2 is 1.61 bits per heavy atom. The third-order valence-electron chi connectivity index (χ3n) is 4.31. The van der Waals surface area contributed by atoms with Crippen LogP contribution in [0.2, 0.25) is 0 Å². The summed E-state index contributed by atoms with van der Waals surface area (Å²) in [6.45, 7) is 5.12. The number of alkyl halides is 3. The highest BCUT2D eigenvalue weighted by Gasteiger charge is 2.31. The van der Waals surface area contributed by atoms with Gasteiger partial charge in [0.25, 0.3) is 0 Å². The van der Waals surface area contributed by atoms with Gasteiger partial charge in [-0.1, -0.05) is 6.07 Å². The normalized spacial score (nSPS) is 13.1.